The molecule has 0 amide bonds. The first kappa shape index (κ1) is 10.6. The third-order valence-electron chi connectivity index (χ3n) is 2.46. The van der Waals surface area contributed by atoms with E-state index in [0.29, 0.717) is 17.6 Å². The van der Waals surface area contributed by atoms with Crippen LogP contribution >= 0.6 is 11.6 Å². The zero-order valence-electron chi connectivity index (χ0n) is 8.88. The quantitative estimate of drug-likeness (QED) is 0.786. The van der Waals surface area contributed by atoms with Crippen LogP contribution in [-0.4, -0.2) is 28.7 Å². The number of anilines is 1. The summed E-state index contributed by atoms with van der Waals surface area (Å²) >= 11 is 5.86. The fourth-order valence-corrected chi connectivity index (χ4v) is 1.90. The van der Waals surface area contributed by atoms with Crippen LogP contribution in [0.1, 0.15) is 19.2 Å². The lowest BCUT2D eigenvalue weighted by molar-refractivity contribution is 0.185. The molecule has 0 radical (unpaired) electrons. The molecule has 1 atom stereocenters. The highest BCUT2D eigenvalue weighted by Gasteiger charge is 2.29. The maximum Gasteiger partial charge on any atom is 0.134 e. The molecule has 1 fully saturated rings. The zero-order chi connectivity index (χ0) is 10.9. The van der Waals surface area contributed by atoms with E-state index in [-0.39, 0.29) is 5.54 Å². The molecule has 1 unspecified atom stereocenters. The third kappa shape index (κ3) is 2.58. The Labute approximate surface area is 94.0 Å². The van der Waals surface area contributed by atoms with Gasteiger partial charge in [-0.15, -0.1) is 0 Å². The van der Waals surface area contributed by atoms with Crippen LogP contribution in [0.15, 0.2) is 6.07 Å². The highest BCUT2D eigenvalue weighted by atomic mass is 35.5. The maximum absolute atomic E-state index is 5.86. The molecule has 0 bridgehead atoms. The minimum Gasteiger partial charge on any atom is -0.379 e. The second-order valence-corrected chi connectivity index (χ2v) is 4.50. The van der Waals surface area contributed by atoms with Crippen LogP contribution in [0.5, 0.6) is 0 Å². The Morgan fingerprint density at radius 2 is 2.33 bits per heavy atom. The summed E-state index contributed by atoms with van der Waals surface area (Å²) in [6.07, 6.45) is 0.980. The van der Waals surface area contributed by atoms with Crippen molar-refractivity contribution in [1.82, 2.24) is 9.97 Å². The molecule has 2 rings (SSSR count). The van der Waals surface area contributed by atoms with Gasteiger partial charge in [-0.25, -0.2) is 9.97 Å². The van der Waals surface area contributed by atoms with E-state index >= 15 is 0 Å². The number of nitrogens with one attached hydrogen (secondary N) is 1. The number of halogens is 1. The van der Waals surface area contributed by atoms with E-state index in [2.05, 4.69) is 22.2 Å². The van der Waals surface area contributed by atoms with E-state index in [0.717, 1.165) is 18.8 Å². The lowest BCUT2D eigenvalue weighted by Gasteiger charge is -2.24. The van der Waals surface area contributed by atoms with Crippen LogP contribution in [0, 0.1) is 6.92 Å². The second-order valence-electron chi connectivity index (χ2n) is 4.11. The summed E-state index contributed by atoms with van der Waals surface area (Å²) in [5, 5.41) is 3.80. The predicted molar refractivity (Wildman–Crippen MR) is 59.2 cm³/mol. The number of hydrogen-bond donors (Lipinski definition) is 1. The normalized spacial score (nSPS) is 25.5. The lowest BCUT2D eigenvalue weighted by atomic mass is 10.0. The van der Waals surface area contributed by atoms with Gasteiger partial charge in [0.2, 0.25) is 0 Å². The third-order valence-corrected chi connectivity index (χ3v) is 2.65. The van der Waals surface area contributed by atoms with Gasteiger partial charge < -0.3 is 10.1 Å². The van der Waals surface area contributed by atoms with Gasteiger partial charge in [0.15, 0.2) is 0 Å². The average Bonchev–Trinajstić information content (AvgIpc) is 2.49. The van der Waals surface area contributed by atoms with E-state index in [1.807, 2.05) is 6.92 Å². The zero-order valence-corrected chi connectivity index (χ0v) is 9.64. The van der Waals surface area contributed by atoms with Crippen molar-refractivity contribution in [2.24, 2.45) is 0 Å². The van der Waals surface area contributed by atoms with E-state index < -0.39 is 0 Å². The second kappa shape index (κ2) is 3.94. The summed E-state index contributed by atoms with van der Waals surface area (Å²) in [6.45, 7) is 5.44. The fraction of sp³-hybridized carbons (Fsp3) is 0.600. The molecule has 0 saturated carbocycles. The van der Waals surface area contributed by atoms with Crippen LogP contribution in [0.2, 0.25) is 5.15 Å². The molecule has 1 N–H and O–H groups in total. The van der Waals surface area contributed by atoms with Crippen molar-refractivity contribution in [1.29, 1.82) is 0 Å². The molecule has 4 nitrogen and oxygen atoms in total. The molecule has 2 heterocycles. The van der Waals surface area contributed by atoms with Crippen LogP contribution < -0.4 is 5.32 Å². The Bertz CT molecular complexity index is 343. The van der Waals surface area contributed by atoms with Gasteiger partial charge in [-0.2, -0.15) is 0 Å². The van der Waals surface area contributed by atoms with Gasteiger partial charge in [0.1, 0.15) is 16.8 Å². The minimum atomic E-state index is -0.0376. The summed E-state index contributed by atoms with van der Waals surface area (Å²) in [5.41, 5.74) is -0.0376. The highest BCUT2D eigenvalue weighted by molar-refractivity contribution is 6.29. The van der Waals surface area contributed by atoms with Crippen LogP contribution in [0.4, 0.5) is 5.82 Å². The molecule has 5 heteroatoms. The number of aromatic nitrogens is 2. The summed E-state index contributed by atoms with van der Waals surface area (Å²) in [5.74, 6) is 1.44. The summed E-state index contributed by atoms with van der Waals surface area (Å²) in [4.78, 5) is 8.30. The van der Waals surface area contributed by atoms with Crippen molar-refractivity contribution in [2.45, 2.75) is 25.8 Å². The predicted octanol–water partition coefficient (Wildman–Crippen LogP) is 2.03. The Hall–Kier alpha value is -0.870. The van der Waals surface area contributed by atoms with Gasteiger partial charge in [-0.1, -0.05) is 11.6 Å². The monoisotopic (exact) mass is 227 g/mol. The molecule has 1 aliphatic rings. The number of rotatable bonds is 2. The molecule has 1 aromatic rings. The van der Waals surface area contributed by atoms with E-state index in [9.17, 15) is 0 Å². The summed E-state index contributed by atoms with van der Waals surface area (Å²) < 4.78 is 5.35. The SMILES string of the molecule is Cc1nc(Cl)cc(NC2(C)CCOC2)n1. The van der Waals surface area contributed by atoms with Gasteiger partial charge in [0, 0.05) is 12.7 Å². The summed E-state index contributed by atoms with van der Waals surface area (Å²) in [7, 11) is 0. The van der Waals surface area contributed by atoms with Crippen molar-refractivity contribution in [3.8, 4) is 0 Å². The molecule has 1 aliphatic heterocycles. The van der Waals surface area contributed by atoms with E-state index in [1.54, 1.807) is 6.07 Å². The smallest absolute Gasteiger partial charge is 0.134 e. The molecular weight excluding hydrogens is 214 g/mol. The van der Waals surface area contributed by atoms with Crippen LogP contribution in [0.3, 0.4) is 0 Å². The standard InChI is InChI=1S/C10H14ClN3O/c1-7-12-8(11)5-9(13-7)14-10(2)3-4-15-6-10/h5H,3-4,6H2,1-2H3,(H,12,13,14). The lowest BCUT2D eigenvalue weighted by Crippen LogP contribution is -2.35. The van der Waals surface area contributed by atoms with Crippen molar-refractivity contribution >= 4 is 17.4 Å². The molecular formula is C10H14ClN3O. The van der Waals surface area contributed by atoms with Gasteiger partial charge in [0.25, 0.3) is 0 Å². The molecule has 0 spiro atoms. The van der Waals surface area contributed by atoms with Crippen LogP contribution in [-0.2, 0) is 4.74 Å². The number of ether oxygens (including phenoxy) is 1. The number of nitrogens with zero attached hydrogens (tertiary/aromatic N) is 2. The molecule has 0 aromatic carbocycles. The van der Waals surface area contributed by atoms with Gasteiger partial charge in [-0.3, -0.25) is 0 Å². The molecule has 1 saturated heterocycles. The van der Waals surface area contributed by atoms with Crippen molar-refractivity contribution in [2.75, 3.05) is 18.5 Å². The van der Waals surface area contributed by atoms with E-state index in [4.69, 9.17) is 16.3 Å². The van der Waals surface area contributed by atoms with Gasteiger partial charge >= 0.3 is 0 Å². The Morgan fingerprint density at radius 3 is 2.93 bits per heavy atom. The Balaban J connectivity index is 2.16. The van der Waals surface area contributed by atoms with Crippen molar-refractivity contribution < 1.29 is 4.74 Å². The Morgan fingerprint density at radius 1 is 1.53 bits per heavy atom. The number of aryl methyl sites for hydroxylation is 1. The average molecular weight is 228 g/mol. The minimum absolute atomic E-state index is 0.0376. The molecule has 1 aromatic heterocycles. The molecule has 0 aliphatic carbocycles. The Kier molecular flexibility index (Phi) is 2.80. The summed E-state index contributed by atoms with van der Waals surface area (Å²) in [6, 6.07) is 1.73. The van der Waals surface area contributed by atoms with Gasteiger partial charge in [0.05, 0.1) is 12.1 Å². The first-order valence-electron chi connectivity index (χ1n) is 4.95. The van der Waals surface area contributed by atoms with Crippen LogP contribution in [0.25, 0.3) is 0 Å². The first-order valence-corrected chi connectivity index (χ1v) is 5.32. The molecule has 15 heavy (non-hydrogen) atoms. The van der Waals surface area contributed by atoms with E-state index in [1.165, 1.54) is 0 Å². The fourth-order valence-electron chi connectivity index (χ4n) is 1.67. The highest BCUT2D eigenvalue weighted by Crippen LogP contribution is 2.23. The maximum atomic E-state index is 5.86. The van der Waals surface area contributed by atoms with Gasteiger partial charge in [-0.05, 0) is 20.3 Å². The number of hydrogen-bond acceptors (Lipinski definition) is 4. The van der Waals surface area contributed by atoms with Crippen molar-refractivity contribution in [3.05, 3.63) is 17.0 Å². The first-order chi connectivity index (χ1) is 7.07. The topological polar surface area (TPSA) is 47.0 Å². The largest absolute Gasteiger partial charge is 0.379 e. The molecule has 82 valence electrons. The van der Waals surface area contributed by atoms with Crippen molar-refractivity contribution in [3.63, 3.8) is 0 Å².